The fourth-order valence-electron chi connectivity index (χ4n) is 3.34. The van der Waals surface area contributed by atoms with Gasteiger partial charge in [0.15, 0.2) is 0 Å². The Hall–Kier alpha value is -0.570. The molecule has 2 rings (SSSR count). The highest BCUT2D eigenvalue weighted by Gasteiger charge is 2.33. The van der Waals surface area contributed by atoms with Gasteiger partial charge in [-0.15, -0.1) is 0 Å². The molecule has 2 aliphatic rings. The van der Waals surface area contributed by atoms with Crippen LogP contribution in [-0.2, 0) is 4.79 Å². The standard InChI is InChI=1S/C14H25NO2/c1-15(11-14(17)8-4-5-9-14)13(16)10-12-6-2-3-7-12/h12,17H,2-11H2,1H3. The minimum atomic E-state index is -0.597. The second-order valence-corrected chi connectivity index (χ2v) is 6.04. The first-order valence-corrected chi connectivity index (χ1v) is 7.05. The van der Waals surface area contributed by atoms with Gasteiger partial charge in [-0.05, 0) is 31.6 Å². The summed E-state index contributed by atoms with van der Waals surface area (Å²) in [5.74, 6) is 0.820. The lowest BCUT2D eigenvalue weighted by molar-refractivity contribution is -0.134. The van der Waals surface area contributed by atoms with Gasteiger partial charge in [0.1, 0.15) is 0 Å². The number of rotatable bonds is 4. The highest BCUT2D eigenvalue weighted by atomic mass is 16.3. The Morgan fingerprint density at radius 2 is 1.82 bits per heavy atom. The third kappa shape index (κ3) is 3.44. The number of amides is 1. The summed E-state index contributed by atoms with van der Waals surface area (Å²) in [6.45, 7) is 0.526. The molecule has 0 spiro atoms. The molecule has 0 heterocycles. The van der Waals surface area contributed by atoms with Gasteiger partial charge in [0, 0.05) is 20.0 Å². The molecule has 2 aliphatic carbocycles. The number of hydrogen-bond acceptors (Lipinski definition) is 2. The average Bonchev–Trinajstić information content (AvgIpc) is 2.90. The molecular weight excluding hydrogens is 214 g/mol. The van der Waals surface area contributed by atoms with Crippen LogP contribution in [0.3, 0.4) is 0 Å². The van der Waals surface area contributed by atoms with Crippen molar-refractivity contribution in [1.82, 2.24) is 4.90 Å². The lowest BCUT2D eigenvalue weighted by Gasteiger charge is -2.29. The summed E-state index contributed by atoms with van der Waals surface area (Å²) in [6.07, 6.45) is 9.59. The molecule has 3 heteroatoms. The van der Waals surface area contributed by atoms with Crippen LogP contribution in [0.25, 0.3) is 0 Å². The average molecular weight is 239 g/mol. The van der Waals surface area contributed by atoms with E-state index in [9.17, 15) is 9.90 Å². The summed E-state index contributed by atoms with van der Waals surface area (Å²) in [5, 5.41) is 10.3. The fraction of sp³-hybridized carbons (Fsp3) is 0.929. The molecule has 0 unspecified atom stereocenters. The minimum absolute atomic E-state index is 0.220. The maximum Gasteiger partial charge on any atom is 0.222 e. The molecule has 0 aromatic heterocycles. The largest absolute Gasteiger partial charge is 0.388 e. The van der Waals surface area contributed by atoms with Crippen molar-refractivity contribution in [3.63, 3.8) is 0 Å². The van der Waals surface area contributed by atoms with E-state index in [1.54, 1.807) is 4.90 Å². The molecule has 0 atom stereocenters. The smallest absolute Gasteiger partial charge is 0.222 e. The van der Waals surface area contributed by atoms with E-state index in [2.05, 4.69) is 0 Å². The lowest BCUT2D eigenvalue weighted by Crippen LogP contribution is -2.42. The topological polar surface area (TPSA) is 40.5 Å². The van der Waals surface area contributed by atoms with Gasteiger partial charge in [0.05, 0.1) is 5.60 Å². The second-order valence-electron chi connectivity index (χ2n) is 6.04. The molecule has 0 radical (unpaired) electrons. The van der Waals surface area contributed by atoms with Gasteiger partial charge in [0.25, 0.3) is 0 Å². The Bertz CT molecular complexity index is 265. The Morgan fingerprint density at radius 3 is 2.41 bits per heavy atom. The van der Waals surface area contributed by atoms with E-state index in [0.717, 1.165) is 25.7 Å². The predicted octanol–water partition coefficient (Wildman–Crippen LogP) is 2.33. The maximum absolute atomic E-state index is 12.0. The van der Waals surface area contributed by atoms with Crippen LogP contribution in [-0.4, -0.2) is 35.1 Å². The number of likely N-dealkylation sites (N-methyl/N-ethyl adjacent to an activating group) is 1. The molecule has 17 heavy (non-hydrogen) atoms. The first kappa shape index (κ1) is 12.9. The Labute approximate surface area is 104 Å². The second kappa shape index (κ2) is 5.38. The summed E-state index contributed by atoms with van der Waals surface area (Å²) in [7, 11) is 1.84. The van der Waals surface area contributed by atoms with Crippen molar-refractivity contribution in [2.24, 2.45) is 5.92 Å². The van der Waals surface area contributed by atoms with Crippen LogP contribution in [0.4, 0.5) is 0 Å². The molecule has 2 saturated carbocycles. The fourth-order valence-corrected chi connectivity index (χ4v) is 3.34. The van der Waals surface area contributed by atoms with Gasteiger partial charge < -0.3 is 10.0 Å². The summed E-state index contributed by atoms with van der Waals surface area (Å²) < 4.78 is 0. The van der Waals surface area contributed by atoms with Crippen LogP contribution in [0.1, 0.15) is 57.8 Å². The summed E-state index contributed by atoms with van der Waals surface area (Å²) in [6, 6.07) is 0. The van der Waals surface area contributed by atoms with E-state index in [1.165, 1.54) is 25.7 Å². The lowest BCUT2D eigenvalue weighted by atomic mass is 10.00. The van der Waals surface area contributed by atoms with Crippen LogP contribution >= 0.6 is 0 Å². The van der Waals surface area contributed by atoms with Crippen LogP contribution < -0.4 is 0 Å². The zero-order chi connectivity index (χ0) is 12.3. The van der Waals surface area contributed by atoms with Crippen LogP contribution in [0.2, 0.25) is 0 Å². The molecular formula is C14H25NO2. The number of aliphatic hydroxyl groups is 1. The van der Waals surface area contributed by atoms with E-state index >= 15 is 0 Å². The molecule has 0 aromatic rings. The van der Waals surface area contributed by atoms with Crippen LogP contribution in [0.5, 0.6) is 0 Å². The van der Waals surface area contributed by atoms with E-state index in [0.29, 0.717) is 18.9 Å². The number of carbonyl (C=O) groups excluding carboxylic acids is 1. The van der Waals surface area contributed by atoms with Gasteiger partial charge in [-0.2, -0.15) is 0 Å². The van der Waals surface area contributed by atoms with Crippen molar-refractivity contribution in [3.8, 4) is 0 Å². The van der Waals surface area contributed by atoms with Gasteiger partial charge in [-0.1, -0.05) is 25.7 Å². The molecule has 0 saturated heterocycles. The summed E-state index contributed by atoms with van der Waals surface area (Å²) >= 11 is 0. The quantitative estimate of drug-likeness (QED) is 0.818. The monoisotopic (exact) mass is 239 g/mol. The Balaban J connectivity index is 1.78. The van der Waals surface area contributed by atoms with Crippen molar-refractivity contribution in [1.29, 1.82) is 0 Å². The van der Waals surface area contributed by atoms with Crippen molar-refractivity contribution < 1.29 is 9.90 Å². The predicted molar refractivity (Wildman–Crippen MR) is 67.6 cm³/mol. The molecule has 0 aromatic carbocycles. The molecule has 0 bridgehead atoms. The zero-order valence-electron chi connectivity index (χ0n) is 11.0. The minimum Gasteiger partial charge on any atom is -0.388 e. The van der Waals surface area contributed by atoms with E-state index in [4.69, 9.17) is 0 Å². The first-order chi connectivity index (χ1) is 8.09. The Kier molecular flexibility index (Phi) is 4.08. The number of nitrogens with zero attached hydrogens (tertiary/aromatic N) is 1. The van der Waals surface area contributed by atoms with Crippen molar-refractivity contribution >= 4 is 5.91 Å². The SMILES string of the molecule is CN(CC1(O)CCCC1)C(=O)CC1CCCC1. The molecule has 0 aliphatic heterocycles. The number of carbonyl (C=O) groups is 1. The van der Waals surface area contributed by atoms with E-state index < -0.39 is 5.60 Å². The highest BCUT2D eigenvalue weighted by Crippen LogP contribution is 2.31. The summed E-state index contributed by atoms with van der Waals surface area (Å²) in [4.78, 5) is 13.8. The van der Waals surface area contributed by atoms with Gasteiger partial charge in [-0.25, -0.2) is 0 Å². The van der Waals surface area contributed by atoms with Gasteiger partial charge in [-0.3, -0.25) is 4.79 Å². The maximum atomic E-state index is 12.0. The number of hydrogen-bond donors (Lipinski definition) is 1. The Morgan fingerprint density at radius 1 is 1.24 bits per heavy atom. The van der Waals surface area contributed by atoms with E-state index in [1.807, 2.05) is 7.05 Å². The first-order valence-electron chi connectivity index (χ1n) is 7.05. The van der Waals surface area contributed by atoms with Gasteiger partial charge >= 0.3 is 0 Å². The van der Waals surface area contributed by atoms with Crippen LogP contribution in [0.15, 0.2) is 0 Å². The molecule has 98 valence electrons. The van der Waals surface area contributed by atoms with Gasteiger partial charge in [0.2, 0.25) is 5.91 Å². The van der Waals surface area contributed by atoms with Crippen molar-refractivity contribution in [2.45, 2.75) is 63.4 Å². The van der Waals surface area contributed by atoms with Crippen molar-refractivity contribution in [2.75, 3.05) is 13.6 Å². The molecule has 3 nitrogen and oxygen atoms in total. The molecule has 2 fully saturated rings. The molecule has 1 amide bonds. The third-order valence-corrected chi connectivity index (χ3v) is 4.43. The highest BCUT2D eigenvalue weighted by molar-refractivity contribution is 5.76. The van der Waals surface area contributed by atoms with Crippen LogP contribution in [0, 0.1) is 5.92 Å². The summed E-state index contributed by atoms with van der Waals surface area (Å²) in [5.41, 5.74) is -0.597. The normalized spacial score (nSPS) is 24.1. The van der Waals surface area contributed by atoms with Crippen molar-refractivity contribution in [3.05, 3.63) is 0 Å². The molecule has 1 N–H and O–H groups in total. The third-order valence-electron chi connectivity index (χ3n) is 4.43. The van der Waals surface area contributed by atoms with E-state index in [-0.39, 0.29) is 5.91 Å². The zero-order valence-corrected chi connectivity index (χ0v) is 11.0.